The maximum atomic E-state index is 6.14. The van der Waals surface area contributed by atoms with Crippen LogP contribution in [0.2, 0.25) is 5.02 Å². The number of nitrogen functional groups attached to an aromatic ring is 1. The average molecular weight is 239 g/mol. The minimum Gasteiger partial charge on any atom is -0.496 e. The van der Waals surface area contributed by atoms with Crippen molar-refractivity contribution >= 4 is 17.5 Å². The van der Waals surface area contributed by atoms with Gasteiger partial charge in [0.1, 0.15) is 5.75 Å². The number of nitrogens with two attached hydrogens (primary N) is 1. The van der Waals surface area contributed by atoms with Gasteiger partial charge in [-0.3, -0.25) is 0 Å². The zero-order chi connectivity index (χ0) is 11.7. The molecule has 0 atom stereocenters. The number of nitrogens with zero attached hydrogens (tertiary/aromatic N) is 1. The Morgan fingerprint density at radius 1 is 1.38 bits per heavy atom. The van der Waals surface area contributed by atoms with Gasteiger partial charge in [0, 0.05) is 10.6 Å². The minimum atomic E-state index is 0.243. The van der Waals surface area contributed by atoms with E-state index in [0.29, 0.717) is 10.6 Å². The van der Waals surface area contributed by atoms with Gasteiger partial charge in [-0.1, -0.05) is 16.8 Å². The highest BCUT2D eigenvalue weighted by atomic mass is 35.5. The summed E-state index contributed by atoms with van der Waals surface area (Å²) >= 11 is 6.14. The minimum absolute atomic E-state index is 0.243. The zero-order valence-corrected chi connectivity index (χ0v) is 9.71. The van der Waals surface area contributed by atoms with Crippen molar-refractivity contribution in [3.63, 3.8) is 0 Å². The third kappa shape index (κ3) is 1.72. The third-order valence-electron chi connectivity index (χ3n) is 2.37. The highest BCUT2D eigenvalue weighted by molar-refractivity contribution is 6.33. The summed E-state index contributed by atoms with van der Waals surface area (Å²) in [5.41, 5.74) is 8.03. The van der Waals surface area contributed by atoms with Crippen molar-refractivity contribution in [2.75, 3.05) is 12.8 Å². The van der Waals surface area contributed by atoms with Gasteiger partial charge in [0.05, 0.1) is 18.9 Å². The Bertz CT molecular complexity index is 523. The predicted octanol–water partition coefficient (Wildman–Crippen LogP) is 2.89. The van der Waals surface area contributed by atoms with Crippen molar-refractivity contribution in [1.82, 2.24) is 5.16 Å². The van der Waals surface area contributed by atoms with Crippen molar-refractivity contribution in [2.24, 2.45) is 0 Å². The monoisotopic (exact) mass is 238 g/mol. The van der Waals surface area contributed by atoms with Crippen LogP contribution in [-0.2, 0) is 0 Å². The number of benzene rings is 1. The van der Waals surface area contributed by atoms with Crippen LogP contribution in [0.5, 0.6) is 5.75 Å². The summed E-state index contributed by atoms with van der Waals surface area (Å²) in [5, 5.41) is 4.21. The summed E-state index contributed by atoms with van der Waals surface area (Å²) in [6.07, 6.45) is 1.53. The van der Waals surface area contributed by atoms with Crippen molar-refractivity contribution < 1.29 is 9.26 Å². The summed E-state index contributed by atoms with van der Waals surface area (Å²) in [6.45, 7) is 1.92. The molecule has 0 aliphatic heterocycles. The molecule has 0 saturated heterocycles. The molecular weight excluding hydrogens is 228 g/mol. The van der Waals surface area contributed by atoms with Crippen LogP contribution in [0.15, 0.2) is 22.9 Å². The van der Waals surface area contributed by atoms with Crippen molar-refractivity contribution in [3.8, 4) is 16.9 Å². The van der Waals surface area contributed by atoms with E-state index in [0.717, 1.165) is 16.9 Å². The fraction of sp³-hybridized carbons (Fsp3) is 0.182. The van der Waals surface area contributed by atoms with Crippen LogP contribution >= 0.6 is 11.6 Å². The van der Waals surface area contributed by atoms with Gasteiger partial charge in [-0.25, -0.2) is 0 Å². The maximum Gasteiger partial charge on any atom is 0.230 e. The average Bonchev–Trinajstić information content (AvgIpc) is 2.65. The second-order valence-electron chi connectivity index (χ2n) is 3.41. The number of hydrogen-bond donors (Lipinski definition) is 1. The fourth-order valence-corrected chi connectivity index (χ4v) is 1.85. The molecule has 0 aliphatic rings. The summed E-state index contributed by atoms with van der Waals surface area (Å²) in [5.74, 6) is 0.993. The van der Waals surface area contributed by atoms with E-state index < -0.39 is 0 Å². The molecule has 1 heterocycles. The van der Waals surface area contributed by atoms with Crippen molar-refractivity contribution in [2.45, 2.75) is 6.92 Å². The number of halogens is 1. The van der Waals surface area contributed by atoms with E-state index in [2.05, 4.69) is 5.16 Å². The molecule has 0 amide bonds. The van der Waals surface area contributed by atoms with Gasteiger partial charge in [-0.2, -0.15) is 0 Å². The molecule has 5 heteroatoms. The van der Waals surface area contributed by atoms with Crippen molar-refractivity contribution in [3.05, 3.63) is 28.9 Å². The third-order valence-corrected chi connectivity index (χ3v) is 2.69. The molecule has 1 aromatic heterocycles. The summed E-state index contributed by atoms with van der Waals surface area (Å²) in [7, 11) is 1.61. The number of aromatic nitrogens is 1. The number of aryl methyl sites for hydroxylation is 1. The zero-order valence-electron chi connectivity index (χ0n) is 8.95. The quantitative estimate of drug-likeness (QED) is 0.874. The molecular formula is C11H11ClN2O2. The van der Waals surface area contributed by atoms with Crippen LogP contribution in [0.3, 0.4) is 0 Å². The second-order valence-corrected chi connectivity index (χ2v) is 3.81. The van der Waals surface area contributed by atoms with Gasteiger partial charge in [-0.05, 0) is 24.6 Å². The lowest BCUT2D eigenvalue weighted by molar-refractivity contribution is 0.412. The predicted molar refractivity (Wildman–Crippen MR) is 62.7 cm³/mol. The highest BCUT2D eigenvalue weighted by Gasteiger charge is 2.13. The standard InChI is InChI=1S/C11H11ClN2O2/c1-6-3-9(12)7(4-10(6)15-2)8-5-14-16-11(8)13/h3-5H,13H2,1-2H3. The lowest BCUT2D eigenvalue weighted by atomic mass is 10.1. The Morgan fingerprint density at radius 2 is 2.12 bits per heavy atom. The van der Waals surface area contributed by atoms with E-state index in [9.17, 15) is 0 Å². The van der Waals surface area contributed by atoms with E-state index in [1.165, 1.54) is 6.20 Å². The molecule has 0 saturated carbocycles. The number of rotatable bonds is 2. The summed E-state index contributed by atoms with van der Waals surface area (Å²) < 4.78 is 10.0. The number of hydrogen-bond acceptors (Lipinski definition) is 4. The first kappa shape index (κ1) is 10.8. The number of methoxy groups -OCH3 is 1. The van der Waals surface area contributed by atoms with Crippen LogP contribution in [0.1, 0.15) is 5.56 Å². The maximum absolute atomic E-state index is 6.14. The smallest absolute Gasteiger partial charge is 0.230 e. The molecule has 0 bridgehead atoms. The molecule has 1 aromatic carbocycles. The Kier molecular flexibility index (Phi) is 2.75. The SMILES string of the molecule is COc1cc(-c2cnoc2N)c(Cl)cc1C. The van der Waals surface area contributed by atoms with Crippen LogP contribution in [-0.4, -0.2) is 12.3 Å². The summed E-state index contributed by atoms with van der Waals surface area (Å²) in [4.78, 5) is 0. The molecule has 2 rings (SSSR count). The topological polar surface area (TPSA) is 61.3 Å². The van der Waals surface area contributed by atoms with E-state index in [1.54, 1.807) is 7.11 Å². The molecule has 0 fully saturated rings. The molecule has 0 unspecified atom stereocenters. The second kappa shape index (κ2) is 4.06. The Labute approximate surface area is 97.9 Å². The van der Waals surface area contributed by atoms with Gasteiger partial charge >= 0.3 is 0 Å². The van der Waals surface area contributed by atoms with Gasteiger partial charge in [0.25, 0.3) is 0 Å². The number of ether oxygens (including phenoxy) is 1. The Morgan fingerprint density at radius 3 is 2.69 bits per heavy atom. The molecule has 0 aliphatic carbocycles. The first-order chi connectivity index (χ1) is 7.63. The Hall–Kier alpha value is -1.68. The van der Waals surface area contributed by atoms with Crippen LogP contribution in [0, 0.1) is 6.92 Å². The van der Waals surface area contributed by atoms with Gasteiger partial charge in [0.15, 0.2) is 0 Å². The van der Waals surface area contributed by atoms with Crippen molar-refractivity contribution in [1.29, 1.82) is 0 Å². The normalized spacial score (nSPS) is 10.4. The Balaban J connectivity index is 2.61. The van der Waals surface area contributed by atoms with E-state index >= 15 is 0 Å². The molecule has 84 valence electrons. The molecule has 2 N–H and O–H groups in total. The van der Waals surface area contributed by atoms with Crippen LogP contribution in [0.4, 0.5) is 5.88 Å². The lowest BCUT2D eigenvalue weighted by Gasteiger charge is -2.08. The lowest BCUT2D eigenvalue weighted by Crippen LogP contribution is -1.91. The van der Waals surface area contributed by atoms with Crippen LogP contribution < -0.4 is 10.5 Å². The van der Waals surface area contributed by atoms with Crippen LogP contribution in [0.25, 0.3) is 11.1 Å². The molecule has 2 aromatic rings. The van der Waals surface area contributed by atoms with E-state index in [4.69, 9.17) is 26.6 Å². The fourth-order valence-electron chi connectivity index (χ4n) is 1.53. The number of anilines is 1. The molecule has 4 nitrogen and oxygen atoms in total. The largest absolute Gasteiger partial charge is 0.496 e. The van der Waals surface area contributed by atoms with Gasteiger partial charge in [0.2, 0.25) is 5.88 Å². The summed E-state index contributed by atoms with van der Waals surface area (Å²) in [6, 6.07) is 3.64. The molecule has 16 heavy (non-hydrogen) atoms. The van der Waals surface area contributed by atoms with Gasteiger partial charge in [-0.15, -0.1) is 0 Å². The first-order valence-corrected chi connectivity index (χ1v) is 5.06. The first-order valence-electron chi connectivity index (χ1n) is 4.68. The van der Waals surface area contributed by atoms with E-state index in [1.807, 2.05) is 19.1 Å². The van der Waals surface area contributed by atoms with E-state index in [-0.39, 0.29) is 5.88 Å². The molecule has 0 radical (unpaired) electrons. The van der Waals surface area contributed by atoms with Gasteiger partial charge < -0.3 is 15.0 Å². The highest BCUT2D eigenvalue weighted by Crippen LogP contribution is 2.36. The molecule has 0 spiro atoms.